The van der Waals surface area contributed by atoms with E-state index in [9.17, 15) is 8.78 Å². The van der Waals surface area contributed by atoms with E-state index in [1.807, 2.05) is 0 Å². The van der Waals surface area contributed by atoms with Crippen LogP contribution in [0.2, 0.25) is 0 Å². The van der Waals surface area contributed by atoms with Crippen LogP contribution in [0.3, 0.4) is 0 Å². The minimum Gasteiger partial charge on any atom is -0.212 e. The zero-order valence-corrected chi connectivity index (χ0v) is 6.50. The highest BCUT2D eigenvalue weighted by atomic mass is 19.1. The third-order valence-corrected chi connectivity index (χ3v) is 1.31. The molecule has 0 amide bonds. The molecule has 0 rings (SSSR count). The molecule has 0 fully saturated rings. The molecule has 0 bridgehead atoms. The van der Waals surface area contributed by atoms with Crippen molar-refractivity contribution in [1.82, 2.24) is 0 Å². The fourth-order valence-electron chi connectivity index (χ4n) is 0.629. The van der Waals surface area contributed by atoms with Crippen LogP contribution in [0.15, 0.2) is 37.0 Å². The Morgan fingerprint density at radius 1 is 1.00 bits per heavy atom. The topological polar surface area (TPSA) is 0 Å². The van der Waals surface area contributed by atoms with Crippen LogP contribution < -0.4 is 0 Å². The summed E-state index contributed by atoms with van der Waals surface area (Å²) in [6.07, 6.45) is 1.25. The van der Waals surface area contributed by atoms with Crippen molar-refractivity contribution in [2.75, 3.05) is 0 Å². The van der Waals surface area contributed by atoms with Gasteiger partial charge in [0.1, 0.15) is 5.83 Å². The maximum Gasteiger partial charge on any atom is 0.118 e. The minimum atomic E-state index is -0.519. The lowest BCUT2D eigenvalue weighted by molar-refractivity contribution is 0.570. The Morgan fingerprint density at radius 2 is 1.55 bits per heavy atom. The van der Waals surface area contributed by atoms with Crippen molar-refractivity contribution in [2.45, 2.75) is 19.3 Å². The SMILES string of the molecule is C=C(F)CCCC(=C)C(=C)F. The summed E-state index contributed by atoms with van der Waals surface area (Å²) in [5.41, 5.74) is 0.339. The van der Waals surface area contributed by atoms with E-state index >= 15 is 0 Å². The zero-order valence-electron chi connectivity index (χ0n) is 6.50. The largest absolute Gasteiger partial charge is 0.212 e. The molecule has 0 aliphatic heterocycles. The molecule has 0 N–H and O–H groups in total. The lowest BCUT2D eigenvalue weighted by Gasteiger charge is -1.99. The van der Waals surface area contributed by atoms with Gasteiger partial charge < -0.3 is 0 Å². The van der Waals surface area contributed by atoms with E-state index < -0.39 is 5.83 Å². The molecular weight excluding hydrogens is 146 g/mol. The molecule has 0 aliphatic rings. The number of allylic oxidation sites excluding steroid dienone is 3. The highest BCUT2D eigenvalue weighted by molar-refractivity contribution is 5.17. The van der Waals surface area contributed by atoms with Crippen LogP contribution in [0.1, 0.15) is 19.3 Å². The molecule has 0 aliphatic carbocycles. The first-order chi connectivity index (χ1) is 5.04. The van der Waals surface area contributed by atoms with Crippen molar-refractivity contribution in [3.63, 3.8) is 0 Å². The van der Waals surface area contributed by atoms with Crippen LogP contribution in [-0.4, -0.2) is 0 Å². The Hall–Kier alpha value is -0.920. The van der Waals surface area contributed by atoms with Gasteiger partial charge in [0.2, 0.25) is 0 Å². The lowest BCUT2D eigenvalue weighted by atomic mass is 10.1. The van der Waals surface area contributed by atoms with Gasteiger partial charge in [-0.05, 0) is 24.8 Å². The first-order valence-corrected chi connectivity index (χ1v) is 3.40. The maximum atomic E-state index is 12.2. The van der Waals surface area contributed by atoms with Gasteiger partial charge >= 0.3 is 0 Å². The Labute approximate surface area is 65.9 Å². The molecule has 0 heterocycles. The Kier molecular flexibility index (Phi) is 4.42. The number of rotatable bonds is 5. The fraction of sp³-hybridized carbons (Fsp3) is 0.333. The molecule has 0 unspecified atom stereocenters. The van der Waals surface area contributed by atoms with Crippen molar-refractivity contribution in [1.29, 1.82) is 0 Å². The van der Waals surface area contributed by atoms with E-state index in [-0.39, 0.29) is 12.2 Å². The van der Waals surface area contributed by atoms with Crippen molar-refractivity contribution in [3.8, 4) is 0 Å². The molecule has 0 atom stereocenters. The molecule has 0 nitrogen and oxygen atoms in total. The summed E-state index contributed by atoms with van der Waals surface area (Å²) in [6, 6.07) is 0. The number of hydrogen-bond acceptors (Lipinski definition) is 0. The van der Waals surface area contributed by atoms with Crippen molar-refractivity contribution < 1.29 is 8.78 Å². The highest BCUT2D eigenvalue weighted by Gasteiger charge is 1.98. The summed E-state index contributed by atoms with van der Waals surface area (Å²) in [5, 5.41) is 0. The van der Waals surface area contributed by atoms with Crippen LogP contribution in [0, 0.1) is 0 Å². The van der Waals surface area contributed by atoms with E-state index in [1.54, 1.807) is 0 Å². The second-order valence-corrected chi connectivity index (χ2v) is 2.38. The summed E-state index contributed by atoms with van der Waals surface area (Å²) in [5.74, 6) is -0.892. The van der Waals surface area contributed by atoms with E-state index in [2.05, 4.69) is 19.7 Å². The Morgan fingerprint density at radius 3 is 1.91 bits per heavy atom. The van der Waals surface area contributed by atoms with Crippen molar-refractivity contribution >= 4 is 0 Å². The molecule has 0 aromatic heterocycles. The van der Waals surface area contributed by atoms with Gasteiger partial charge in [-0.1, -0.05) is 19.7 Å². The average Bonchev–Trinajstić information content (AvgIpc) is 1.86. The van der Waals surface area contributed by atoms with E-state index in [0.717, 1.165) is 0 Å². The first kappa shape index (κ1) is 10.1. The Bertz CT molecular complexity index is 180. The van der Waals surface area contributed by atoms with Gasteiger partial charge in [-0.2, -0.15) is 0 Å². The summed E-state index contributed by atoms with van der Waals surface area (Å²) in [7, 11) is 0. The standard InChI is InChI=1S/C9H12F2/c1-7(9(3)11)5-4-6-8(2)10/h1-6H2. The van der Waals surface area contributed by atoms with E-state index in [4.69, 9.17) is 0 Å². The molecule has 0 aromatic carbocycles. The van der Waals surface area contributed by atoms with Gasteiger partial charge in [0.25, 0.3) is 0 Å². The molecule has 2 heteroatoms. The normalized spacial score (nSPS) is 9.27. The minimum absolute atomic E-state index is 0.270. The molecule has 0 saturated carbocycles. The molecule has 0 radical (unpaired) electrons. The molecule has 62 valence electrons. The van der Waals surface area contributed by atoms with Gasteiger partial charge in [-0.3, -0.25) is 0 Å². The third kappa shape index (κ3) is 5.52. The zero-order chi connectivity index (χ0) is 8.85. The second-order valence-electron chi connectivity index (χ2n) is 2.38. The first-order valence-electron chi connectivity index (χ1n) is 3.40. The van der Waals surface area contributed by atoms with Crippen LogP contribution in [-0.2, 0) is 0 Å². The molecule has 0 aromatic rings. The summed E-state index contributed by atoms with van der Waals surface area (Å²) in [6.45, 7) is 9.58. The van der Waals surface area contributed by atoms with Crippen LogP contribution >= 0.6 is 0 Å². The smallest absolute Gasteiger partial charge is 0.118 e. The van der Waals surface area contributed by atoms with Crippen LogP contribution in [0.25, 0.3) is 0 Å². The monoisotopic (exact) mass is 158 g/mol. The van der Waals surface area contributed by atoms with Crippen molar-refractivity contribution in [3.05, 3.63) is 37.0 Å². The molecule has 0 saturated heterocycles. The van der Waals surface area contributed by atoms with Gasteiger partial charge in [-0.25, -0.2) is 8.78 Å². The van der Waals surface area contributed by atoms with Crippen molar-refractivity contribution in [2.24, 2.45) is 0 Å². The third-order valence-electron chi connectivity index (χ3n) is 1.31. The van der Waals surface area contributed by atoms with Gasteiger partial charge in [0.15, 0.2) is 0 Å². The maximum absolute atomic E-state index is 12.2. The summed E-state index contributed by atoms with van der Waals surface area (Å²) in [4.78, 5) is 0. The van der Waals surface area contributed by atoms with Crippen LogP contribution in [0.4, 0.5) is 8.78 Å². The molecule has 11 heavy (non-hydrogen) atoms. The van der Waals surface area contributed by atoms with Gasteiger partial charge in [0, 0.05) is 0 Å². The summed E-state index contributed by atoms with van der Waals surface area (Å²) < 4.78 is 24.2. The predicted molar refractivity (Wildman–Crippen MR) is 43.5 cm³/mol. The van der Waals surface area contributed by atoms with Gasteiger partial charge in [0.05, 0.1) is 5.83 Å². The second kappa shape index (κ2) is 4.83. The average molecular weight is 158 g/mol. The lowest BCUT2D eigenvalue weighted by Crippen LogP contribution is -1.82. The van der Waals surface area contributed by atoms with Gasteiger partial charge in [-0.15, -0.1) is 0 Å². The van der Waals surface area contributed by atoms with E-state index in [1.165, 1.54) is 0 Å². The molecular formula is C9H12F2. The fourth-order valence-corrected chi connectivity index (χ4v) is 0.629. The summed E-state index contributed by atoms with van der Waals surface area (Å²) >= 11 is 0. The van der Waals surface area contributed by atoms with Crippen LogP contribution in [0.5, 0.6) is 0 Å². The Balaban J connectivity index is 3.47. The number of hydrogen-bond donors (Lipinski definition) is 0. The quantitative estimate of drug-likeness (QED) is 0.535. The molecule has 0 spiro atoms. The highest BCUT2D eigenvalue weighted by Crippen LogP contribution is 2.16. The predicted octanol–water partition coefficient (Wildman–Crippen LogP) is 3.68. The van der Waals surface area contributed by atoms with E-state index in [0.29, 0.717) is 18.4 Å². The number of halogens is 2.